The fraction of sp³-hybridized carbons (Fsp3) is 0.600. The van der Waals surface area contributed by atoms with Crippen LogP contribution >= 0.6 is 0 Å². The second-order valence-corrected chi connectivity index (χ2v) is 5.92. The molecule has 3 unspecified atom stereocenters. The van der Waals surface area contributed by atoms with Gasteiger partial charge in [0.1, 0.15) is 0 Å². The predicted octanol–water partition coefficient (Wildman–Crippen LogP) is 2.81. The summed E-state index contributed by atoms with van der Waals surface area (Å²) in [5, 5.41) is 13.3. The van der Waals surface area contributed by atoms with E-state index in [0.717, 1.165) is 6.42 Å². The summed E-state index contributed by atoms with van der Waals surface area (Å²) in [5.41, 5.74) is 2.60. The maximum Gasteiger partial charge on any atom is 0.0621 e. The SMILES string of the molecule is Cc1ccc(C(C)NC2CC(O)C2(C)C)cc1. The molecule has 2 rings (SSSR count). The minimum absolute atomic E-state index is 0.00103. The summed E-state index contributed by atoms with van der Waals surface area (Å²) >= 11 is 0. The molecule has 1 fully saturated rings. The van der Waals surface area contributed by atoms with E-state index in [1.54, 1.807) is 0 Å². The Bertz CT molecular complexity index is 382. The van der Waals surface area contributed by atoms with Crippen LogP contribution in [0.3, 0.4) is 0 Å². The molecule has 1 aliphatic rings. The molecule has 0 amide bonds. The van der Waals surface area contributed by atoms with E-state index < -0.39 is 0 Å². The zero-order valence-electron chi connectivity index (χ0n) is 11.2. The summed E-state index contributed by atoms with van der Waals surface area (Å²) in [6.45, 7) is 8.54. The lowest BCUT2D eigenvalue weighted by atomic mass is 9.64. The molecule has 2 N–H and O–H groups in total. The van der Waals surface area contributed by atoms with Crippen LogP contribution < -0.4 is 5.32 Å². The molecule has 94 valence electrons. The van der Waals surface area contributed by atoms with Crippen molar-refractivity contribution in [1.29, 1.82) is 0 Å². The third-order valence-corrected chi connectivity index (χ3v) is 4.24. The normalized spacial score (nSPS) is 28.5. The van der Waals surface area contributed by atoms with Crippen LogP contribution in [0.5, 0.6) is 0 Å². The van der Waals surface area contributed by atoms with Crippen molar-refractivity contribution < 1.29 is 5.11 Å². The molecule has 1 aromatic rings. The van der Waals surface area contributed by atoms with E-state index in [9.17, 15) is 5.11 Å². The summed E-state index contributed by atoms with van der Waals surface area (Å²) in [6.07, 6.45) is 0.702. The number of hydrogen-bond acceptors (Lipinski definition) is 2. The first-order valence-corrected chi connectivity index (χ1v) is 6.42. The monoisotopic (exact) mass is 233 g/mol. The smallest absolute Gasteiger partial charge is 0.0621 e. The van der Waals surface area contributed by atoms with E-state index >= 15 is 0 Å². The van der Waals surface area contributed by atoms with Crippen molar-refractivity contribution in [1.82, 2.24) is 5.32 Å². The largest absolute Gasteiger partial charge is 0.392 e. The van der Waals surface area contributed by atoms with Gasteiger partial charge in [-0.3, -0.25) is 0 Å². The van der Waals surface area contributed by atoms with Crippen LogP contribution in [0.4, 0.5) is 0 Å². The average Bonchev–Trinajstić information content (AvgIpc) is 2.29. The molecule has 3 atom stereocenters. The molecule has 0 saturated heterocycles. The van der Waals surface area contributed by atoms with Crippen LogP contribution in [0.2, 0.25) is 0 Å². The second kappa shape index (κ2) is 4.43. The third-order valence-electron chi connectivity index (χ3n) is 4.24. The molecule has 0 radical (unpaired) electrons. The van der Waals surface area contributed by atoms with Crippen LogP contribution in [-0.4, -0.2) is 17.3 Å². The van der Waals surface area contributed by atoms with Gasteiger partial charge in [-0.25, -0.2) is 0 Å². The highest BCUT2D eigenvalue weighted by atomic mass is 16.3. The van der Waals surface area contributed by atoms with Crippen molar-refractivity contribution >= 4 is 0 Å². The van der Waals surface area contributed by atoms with Gasteiger partial charge in [0.15, 0.2) is 0 Å². The molecular weight excluding hydrogens is 210 g/mol. The minimum Gasteiger partial charge on any atom is -0.392 e. The first-order chi connectivity index (χ1) is 7.91. The molecule has 0 spiro atoms. The van der Waals surface area contributed by atoms with E-state index in [4.69, 9.17) is 0 Å². The molecule has 2 nitrogen and oxygen atoms in total. The van der Waals surface area contributed by atoms with Crippen molar-refractivity contribution in [3.63, 3.8) is 0 Å². The van der Waals surface area contributed by atoms with Gasteiger partial charge in [-0.15, -0.1) is 0 Å². The first-order valence-electron chi connectivity index (χ1n) is 6.42. The Hall–Kier alpha value is -0.860. The number of aliphatic hydroxyl groups excluding tert-OH is 1. The third kappa shape index (κ3) is 2.38. The van der Waals surface area contributed by atoms with Gasteiger partial charge in [0, 0.05) is 17.5 Å². The quantitative estimate of drug-likeness (QED) is 0.841. The molecule has 0 bridgehead atoms. The second-order valence-electron chi connectivity index (χ2n) is 5.92. The highest BCUT2D eigenvalue weighted by Gasteiger charge is 2.47. The number of aryl methyl sites for hydroxylation is 1. The Balaban J connectivity index is 1.98. The zero-order chi connectivity index (χ0) is 12.6. The van der Waals surface area contributed by atoms with Crippen molar-refractivity contribution in [2.24, 2.45) is 5.41 Å². The minimum atomic E-state index is -0.162. The Morgan fingerprint density at radius 2 is 1.88 bits per heavy atom. The number of rotatable bonds is 3. The van der Waals surface area contributed by atoms with E-state index in [-0.39, 0.29) is 11.5 Å². The lowest BCUT2D eigenvalue weighted by Crippen LogP contribution is -2.60. The fourth-order valence-electron chi connectivity index (χ4n) is 2.44. The van der Waals surface area contributed by atoms with Crippen molar-refractivity contribution in [2.75, 3.05) is 0 Å². The van der Waals surface area contributed by atoms with Gasteiger partial charge in [0.2, 0.25) is 0 Å². The Morgan fingerprint density at radius 1 is 1.29 bits per heavy atom. The number of benzene rings is 1. The summed E-state index contributed by atoms with van der Waals surface area (Å²) < 4.78 is 0. The maximum absolute atomic E-state index is 9.73. The Morgan fingerprint density at radius 3 is 2.35 bits per heavy atom. The van der Waals surface area contributed by atoms with Crippen LogP contribution in [0.1, 0.15) is 44.4 Å². The van der Waals surface area contributed by atoms with Crippen molar-refractivity contribution in [3.8, 4) is 0 Å². The van der Waals surface area contributed by atoms with Crippen molar-refractivity contribution in [3.05, 3.63) is 35.4 Å². The topological polar surface area (TPSA) is 32.3 Å². The molecule has 1 saturated carbocycles. The van der Waals surface area contributed by atoms with Gasteiger partial charge < -0.3 is 10.4 Å². The van der Waals surface area contributed by atoms with Gasteiger partial charge in [-0.05, 0) is 25.8 Å². The van der Waals surface area contributed by atoms with Gasteiger partial charge in [-0.1, -0.05) is 43.7 Å². The van der Waals surface area contributed by atoms with Gasteiger partial charge >= 0.3 is 0 Å². The lowest BCUT2D eigenvalue weighted by Gasteiger charge is -2.50. The molecule has 2 heteroatoms. The molecule has 17 heavy (non-hydrogen) atoms. The molecule has 0 aromatic heterocycles. The van der Waals surface area contributed by atoms with Crippen LogP contribution in [0, 0.1) is 12.3 Å². The van der Waals surface area contributed by atoms with E-state index in [1.807, 2.05) is 0 Å². The standard InChI is InChI=1S/C15H23NO/c1-10-5-7-12(8-6-10)11(2)16-13-9-14(17)15(13,3)4/h5-8,11,13-14,16-17H,9H2,1-4H3. The van der Waals surface area contributed by atoms with E-state index in [0.29, 0.717) is 12.1 Å². The summed E-state index contributed by atoms with van der Waals surface area (Å²) in [4.78, 5) is 0. The van der Waals surface area contributed by atoms with Gasteiger partial charge in [0.25, 0.3) is 0 Å². The maximum atomic E-state index is 9.73. The number of hydrogen-bond donors (Lipinski definition) is 2. The van der Waals surface area contributed by atoms with E-state index in [2.05, 4.69) is 57.3 Å². The Kier molecular flexibility index (Phi) is 3.28. The number of nitrogens with one attached hydrogen (secondary N) is 1. The van der Waals surface area contributed by atoms with Crippen LogP contribution in [0.15, 0.2) is 24.3 Å². The molecule has 0 aliphatic heterocycles. The van der Waals surface area contributed by atoms with Gasteiger partial charge in [0.05, 0.1) is 6.10 Å². The highest BCUT2D eigenvalue weighted by Crippen LogP contribution is 2.41. The average molecular weight is 233 g/mol. The summed E-state index contributed by atoms with van der Waals surface area (Å²) in [7, 11) is 0. The first kappa shape index (κ1) is 12.6. The highest BCUT2D eigenvalue weighted by molar-refractivity contribution is 5.24. The molecular formula is C15H23NO. The zero-order valence-corrected chi connectivity index (χ0v) is 11.2. The Labute approximate surface area is 104 Å². The summed E-state index contributed by atoms with van der Waals surface area (Å²) in [5.74, 6) is 0. The fourth-order valence-corrected chi connectivity index (χ4v) is 2.44. The predicted molar refractivity (Wildman–Crippen MR) is 70.9 cm³/mol. The van der Waals surface area contributed by atoms with Crippen LogP contribution in [-0.2, 0) is 0 Å². The van der Waals surface area contributed by atoms with Crippen molar-refractivity contribution in [2.45, 2.75) is 52.3 Å². The molecule has 1 aromatic carbocycles. The molecule has 1 aliphatic carbocycles. The van der Waals surface area contributed by atoms with Gasteiger partial charge in [-0.2, -0.15) is 0 Å². The lowest BCUT2D eigenvalue weighted by molar-refractivity contribution is -0.0754. The molecule has 0 heterocycles. The number of aliphatic hydroxyl groups is 1. The summed E-state index contributed by atoms with van der Waals surface area (Å²) in [6, 6.07) is 9.40. The van der Waals surface area contributed by atoms with E-state index in [1.165, 1.54) is 11.1 Å². The van der Waals surface area contributed by atoms with Crippen LogP contribution in [0.25, 0.3) is 0 Å².